The maximum atomic E-state index is 11.8. The fourth-order valence-corrected chi connectivity index (χ4v) is 3.39. The summed E-state index contributed by atoms with van der Waals surface area (Å²) in [7, 11) is 0. The highest BCUT2D eigenvalue weighted by Gasteiger charge is 2.10. The predicted octanol–water partition coefficient (Wildman–Crippen LogP) is 2.87. The molecule has 7 heteroatoms. The van der Waals surface area contributed by atoms with Crippen LogP contribution in [0.1, 0.15) is 26.0 Å². The molecule has 118 valence electrons. The molecular weight excluding hydrogens is 320 g/mol. The highest BCUT2D eigenvalue weighted by Crippen LogP contribution is 2.27. The molecule has 0 aromatic carbocycles. The Balaban J connectivity index is 1.74. The molecule has 0 saturated carbocycles. The Hall–Kier alpha value is -1.73. The van der Waals surface area contributed by atoms with Crippen LogP contribution in [0.3, 0.4) is 0 Å². The minimum Gasteiger partial charge on any atom is -0.463 e. The van der Waals surface area contributed by atoms with Gasteiger partial charge < -0.3 is 10.1 Å². The van der Waals surface area contributed by atoms with Gasteiger partial charge in [-0.2, -0.15) is 0 Å². The summed E-state index contributed by atoms with van der Waals surface area (Å²) in [6.45, 7) is 3.88. The van der Waals surface area contributed by atoms with Crippen LogP contribution in [0.25, 0.3) is 9.88 Å². The van der Waals surface area contributed by atoms with E-state index in [-0.39, 0.29) is 37.4 Å². The summed E-state index contributed by atoms with van der Waals surface area (Å²) in [4.78, 5) is 28.7. The van der Waals surface area contributed by atoms with Crippen molar-refractivity contribution in [1.29, 1.82) is 0 Å². The summed E-state index contributed by atoms with van der Waals surface area (Å²) in [5, 5.41) is 7.53. The van der Waals surface area contributed by atoms with Gasteiger partial charge in [0, 0.05) is 11.9 Å². The summed E-state index contributed by atoms with van der Waals surface area (Å²) in [6.07, 6.45) is 0.275. The molecule has 0 unspecified atom stereocenters. The number of nitrogens with one attached hydrogen (secondary N) is 1. The second-order valence-corrected chi connectivity index (χ2v) is 6.74. The average molecular weight is 338 g/mol. The van der Waals surface area contributed by atoms with Crippen molar-refractivity contribution in [2.45, 2.75) is 32.8 Å². The molecule has 2 rings (SSSR count). The number of nitrogens with zero attached hydrogens (tertiary/aromatic N) is 1. The Morgan fingerprint density at radius 3 is 2.86 bits per heavy atom. The summed E-state index contributed by atoms with van der Waals surface area (Å²) in [5.41, 5.74) is 0.746. The van der Waals surface area contributed by atoms with Gasteiger partial charge >= 0.3 is 5.97 Å². The number of esters is 1. The van der Waals surface area contributed by atoms with E-state index < -0.39 is 0 Å². The van der Waals surface area contributed by atoms with Crippen molar-refractivity contribution < 1.29 is 14.3 Å². The van der Waals surface area contributed by atoms with Crippen LogP contribution in [-0.2, 0) is 20.7 Å². The zero-order chi connectivity index (χ0) is 15.9. The number of thiophene rings is 1. The third-order valence-electron chi connectivity index (χ3n) is 2.64. The lowest BCUT2D eigenvalue weighted by Crippen LogP contribution is -2.28. The normalized spacial score (nSPS) is 10.7. The molecule has 0 aliphatic carbocycles. The third-order valence-corrected chi connectivity index (χ3v) is 4.57. The molecule has 1 N–H and O–H groups in total. The minimum absolute atomic E-state index is 0.131. The van der Waals surface area contributed by atoms with E-state index in [9.17, 15) is 9.59 Å². The highest BCUT2D eigenvalue weighted by molar-refractivity contribution is 7.20. The Morgan fingerprint density at radius 2 is 2.18 bits per heavy atom. The van der Waals surface area contributed by atoms with Gasteiger partial charge in [0.2, 0.25) is 5.91 Å². The maximum absolute atomic E-state index is 11.8. The van der Waals surface area contributed by atoms with Crippen molar-refractivity contribution in [2.24, 2.45) is 0 Å². The van der Waals surface area contributed by atoms with Crippen LogP contribution in [0.2, 0.25) is 0 Å². The van der Waals surface area contributed by atoms with Gasteiger partial charge in [-0.05, 0) is 25.3 Å². The molecule has 0 spiro atoms. The largest absolute Gasteiger partial charge is 0.463 e. The number of aromatic nitrogens is 1. The van der Waals surface area contributed by atoms with E-state index in [0.717, 1.165) is 15.6 Å². The molecule has 0 radical (unpaired) electrons. The molecule has 0 fully saturated rings. The lowest BCUT2D eigenvalue weighted by molar-refractivity contribution is -0.147. The Labute approximate surface area is 137 Å². The quantitative estimate of drug-likeness (QED) is 0.788. The highest BCUT2D eigenvalue weighted by atomic mass is 32.1. The topological polar surface area (TPSA) is 68.3 Å². The summed E-state index contributed by atoms with van der Waals surface area (Å²) in [6, 6.07) is 3.98. The number of amides is 1. The van der Waals surface area contributed by atoms with E-state index in [1.807, 2.05) is 22.9 Å². The van der Waals surface area contributed by atoms with Crippen molar-refractivity contribution >= 4 is 34.6 Å². The van der Waals surface area contributed by atoms with Crippen LogP contribution >= 0.6 is 22.7 Å². The molecule has 0 saturated heterocycles. The lowest BCUT2D eigenvalue weighted by Gasteiger charge is -2.08. The van der Waals surface area contributed by atoms with Gasteiger partial charge in [-0.25, -0.2) is 4.98 Å². The van der Waals surface area contributed by atoms with Crippen LogP contribution in [0.15, 0.2) is 22.9 Å². The first-order chi connectivity index (χ1) is 10.5. The standard InChI is InChI=1S/C15H18N2O3S2/c1-10(2)20-14(19)5-6-16-13(18)8-11-9-22-15(17-11)12-4-3-7-21-12/h3-4,7,9-10H,5-6,8H2,1-2H3,(H,16,18). The van der Waals surface area contributed by atoms with E-state index in [1.165, 1.54) is 11.3 Å². The molecule has 1 amide bonds. The molecule has 0 aliphatic heterocycles. The van der Waals surface area contributed by atoms with Crippen molar-refractivity contribution in [1.82, 2.24) is 10.3 Å². The van der Waals surface area contributed by atoms with Crippen LogP contribution in [0, 0.1) is 0 Å². The SMILES string of the molecule is CC(C)OC(=O)CCNC(=O)Cc1csc(-c2cccs2)n1. The maximum Gasteiger partial charge on any atom is 0.307 e. The van der Waals surface area contributed by atoms with Crippen LogP contribution in [0.5, 0.6) is 0 Å². The van der Waals surface area contributed by atoms with Crippen molar-refractivity contribution in [3.63, 3.8) is 0 Å². The molecule has 0 aliphatic rings. The number of hydrogen-bond acceptors (Lipinski definition) is 6. The van der Waals surface area contributed by atoms with Gasteiger partial charge in [0.05, 0.1) is 29.5 Å². The number of rotatable bonds is 7. The first-order valence-corrected chi connectivity index (χ1v) is 8.75. The van der Waals surface area contributed by atoms with Gasteiger partial charge in [-0.1, -0.05) is 6.07 Å². The molecule has 0 atom stereocenters. The first-order valence-electron chi connectivity index (χ1n) is 6.99. The van der Waals surface area contributed by atoms with Crippen LogP contribution < -0.4 is 5.32 Å². The lowest BCUT2D eigenvalue weighted by atomic mass is 10.3. The van der Waals surface area contributed by atoms with Gasteiger partial charge in [-0.15, -0.1) is 22.7 Å². The molecule has 2 aromatic heterocycles. The second kappa shape index (κ2) is 8.05. The Kier molecular flexibility index (Phi) is 6.09. The van der Waals surface area contributed by atoms with Gasteiger partial charge in [0.1, 0.15) is 5.01 Å². The summed E-state index contributed by atoms with van der Waals surface area (Å²) >= 11 is 3.16. The Bertz CT molecular complexity index is 621. The Morgan fingerprint density at radius 1 is 1.36 bits per heavy atom. The van der Waals surface area contributed by atoms with Gasteiger partial charge in [-0.3, -0.25) is 9.59 Å². The van der Waals surface area contributed by atoms with E-state index >= 15 is 0 Å². The zero-order valence-corrected chi connectivity index (χ0v) is 14.1. The molecule has 22 heavy (non-hydrogen) atoms. The third kappa shape index (κ3) is 5.23. The molecular formula is C15H18N2O3S2. The number of ether oxygens (including phenoxy) is 1. The fraction of sp³-hybridized carbons (Fsp3) is 0.400. The second-order valence-electron chi connectivity index (χ2n) is 4.94. The molecule has 2 heterocycles. The minimum atomic E-state index is -0.302. The number of thiazole rings is 1. The average Bonchev–Trinajstić information content (AvgIpc) is 3.07. The number of hydrogen-bond donors (Lipinski definition) is 1. The van der Waals surface area contributed by atoms with Crippen molar-refractivity contribution in [2.75, 3.05) is 6.54 Å². The smallest absolute Gasteiger partial charge is 0.307 e. The van der Waals surface area contributed by atoms with Gasteiger partial charge in [0.25, 0.3) is 0 Å². The van der Waals surface area contributed by atoms with Gasteiger partial charge in [0.15, 0.2) is 0 Å². The number of carbonyl (C=O) groups is 2. The fourth-order valence-electron chi connectivity index (χ4n) is 1.75. The van der Waals surface area contributed by atoms with E-state index in [0.29, 0.717) is 0 Å². The van der Waals surface area contributed by atoms with E-state index in [4.69, 9.17) is 4.74 Å². The monoisotopic (exact) mass is 338 g/mol. The van der Waals surface area contributed by atoms with E-state index in [1.54, 1.807) is 25.2 Å². The predicted molar refractivity (Wildman–Crippen MR) is 88.0 cm³/mol. The van der Waals surface area contributed by atoms with Crippen molar-refractivity contribution in [3.05, 3.63) is 28.6 Å². The molecule has 2 aromatic rings. The van der Waals surface area contributed by atoms with Crippen LogP contribution in [-0.4, -0.2) is 29.5 Å². The summed E-state index contributed by atoms with van der Waals surface area (Å²) < 4.78 is 5.00. The molecule has 0 bridgehead atoms. The number of carbonyl (C=O) groups excluding carboxylic acids is 2. The molecule has 5 nitrogen and oxygen atoms in total. The van der Waals surface area contributed by atoms with Crippen molar-refractivity contribution in [3.8, 4) is 9.88 Å². The van der Waals surface area contributed by atoms with E-state index in [2.05, 4.69) is 10.3 Å². The zero-order valence-electron chi connectivity index (χ0n) is 12.5. The van der Waals surface area contributed by atoms with Crippen LogP contribution in [0.4, 0.5) is 0 Å². The first kappa shape index (κ1) is 16.6. The summed E-state index contributed by atoms with van der Waals surface area (Å²) in [5.74, 6) is -0.440.